The van der Waals surface area contributed by atoms with Crippen LogP contribution in [0.15, 0.2) is 200 Å². The average Bonchev–Trinajstić information content (AvgIpc) is 3.68. The minimum Gasteiger partial charge on any atom is -0.208 e. The molecule has 266 valence electrons. The molecule has 0 spiro atoms. The molecule has 0 aliphatic heterocycles. The SMILES string of the molecule is c1cc(-c2ccc(-c3ccc4ccccc4c3)cc2)cc(-c2nc(-c3cccc(-c4cccc5ccccc45)c3)nc(-c3cccc4sc5ccccc5c34)n2)c1. The summed E-state index contributed by atoms with van der Waals surface area (Å²) < 4.78 is 2.46. The van der Waals surface area contributed by atoms with Crippen molar-refractivity contribution in [3.63, 3.8) is 0 Å². The lowest BCUT2D eigenvalue weighted by atomic mass is 9.97. The predicted octanol–water partition coefficient (Wildman–Crippen LogP) is 14.5. The van der Waals surface area contributed by atoms with Crippen molar-refractivity contribution < 1.29 is 0 Å². The molecule has 57 heavy (non-hydrogen) atoms. The molecule has 2 aromatic heterocycles. The Kier molecular flexibility index (Phi) is 8.01. The third-order valence-electron chi connectivity index (χ3n) is 10.9. The van der Waals surface area contributed by atoms with Gasteiger partial charge in [-0.2, -0.15) is 0 Å². The van der Waals surface area contributed by atoms with Crippen LogP contribution < -0.4 is 0 Å². The van der Waals surface area contributed by atoms with Crippen LogP contribution in [0, 0.1) is 0 Å². The molecule has 2 heterocycles. The zero-order valence-electron chi connectivity index (χ0n) is 30.8. The van der Waals surface area contributed by atoms with Gasteiger partial charge >= 0.3 is 0 Å². The largest absolute Gasteiger partial charge is 0.208 e. The number of hydrogen-bond donors (Lipinski definition) is 0. The molecule has 0 aliphatic rings. The highest BCUT2D eigenvalue weighted by atomic mass is 32.1. The molecule has 0 aliphatic carbocycles. The predicted molar refractivity (Wildman–Crippen MR) is 240 cm³/mol. The Hall–Kier alpha value is -7.27. The van der Waals surface area contributed by atoms with E-state index < -0.39 is 0 Å². The van der Waals surface area contributed by atoms with Crippen LogP contribution in [0.2, 0.25) is 0 Å². The lowest BCUT2D eigenvalue weighted by Crippen LogP contribution is -2.00. The van der Waals surface area contributed by atoms with Gasteiger partial charge in [-0.05, 0) is 85.3 Å². The monoisotopic (exact) mass is 743 g/mol. The molecule has 0 fully saturated rings. The Morgan fingerprint density at radius 3 is 1.58 bits per heavy atom. The molecule has 0 N–H and O–H groups in total. The van der Waals surface area contributed by atoms with E-state index in [4.69, 9.17) is 15.0 Å². The maximum atomic E-state index is 5.25. The molecule has 0 radical (unpaired) electrons. The van der Waals surface area contributed by atoms with Crippen molar-refractivity contribution in [2.24, 2.45) is 0 Å². The Balaban J connectivity index is 1.04. The molecule has 0 saturated heterocycles. The van der Waals surface area contributed by atoms with Crippen molar-refractivity contribution in [1.29, 1.82) is 0 Å². The van der Waals surface area contributed by atoms with E-state index in [2.05, 4.69) is 200 Å². The Bertz CT molecular complexity index is 3300. The Morgan fingerprint density at radius 2 is 0.789 bits per heavy atom. The first kappa shape index (κ1) is 33.1. The van der Waals surface area contributed by atoms with Crippen molar-refractivity contribution in [2.45, 2.75) is 0 Å². The Morgan fingerprint density at radius 1 is 0.281 bits per heavy atom. The van der Waals surface area contributed by atoms with Gasteiger partial charge in [0.2, 0.25) is 0 Å². The van der Waals surface area contributed by atoms with Gasteiger partial charge in [0.25, 0.3) is 0 Å². The van der Waals surface area contributed by atoms with E-state index in [9.17, 15) is 0 Å². The van der Waals surface area contributed by atoms with Gasteiger partial charge in [0.1, 0.15) is 0 Å². The fourth-order valence-corrected chi connectivity index (χ4v) is 9.21. The molecule has 11 aromatic rings. The summed E-state index contributed by atoms with van der Waals surface area (Å²) in [6.45, 7) is 0. The molecule has 0 unspecified atom stereocenters. The third-order valence-corrected chi connectivity index (χ3v) is 12.1. The number of benzene rings is 9. The number of fused-ring (bicyclic) bond motifs is 5. The van der Waals surface area contributed by atoms with E-state index in [1.54, 1.807) is 11.3 Å². The third kappa shape index (κ3) is 6.04. The normalized spacial score (nSPS) is 11.5. The van der Waals surface area contributed by atoms with Crippen molar-refractivity contribution in [3.8, 4) is 67.5 Å². The fraction of sp³-hybridized carbons (Fsp3) is 0. The lowest BCUT2D eigenvalue weighted by Gasteiger charge is -2.12. The van der Waals surface area contributed by atoms with E-state index >= 15 is 0 Å². The van der Waals surface area contributed by atoms with E-state index in [1.807, 2.05) is 0 Å². The minimum atomic E-state index is 0.636. The summed E-state index contributed by atoms with van der Waals surface area (Å²) in [7, 11) is 0. The molecule has 0 saturated carbocycles. The van der Waals surface area contributed by atoms with E-state index in [-0.39, 0.29) is 0 Å². The van der Waals surface area contributed by atoms with Gasteiger partial charge in [0.05, 0.1) is 0 Å². The molecular formula is C53H33N3S. The van der Waals surface area contributed by atoms with Crippen LogP contribution in [0.5, 0.6) is 0 Å². The fourth-order valence-electron chi connectivity index (χ4n) is 8.08. The number of thiophene rings is 1. The summed E-state index contributed by atoms with van der Waals surface area (Å²) in [4.78, 5) is 15.7. The van der Waals surface area contributed by atoms with Gasteiger partial charge < -0.3 is 0 Å². The number of rotatable bonds is 6. The van der Waals surface area contributed by atoms with Gasteiger partial charge in [-0.25, -0.2) is 15.0 Å². The summed E-state index contributed by atoms with van der Waals surface area (Å²) in [5, 5.41) is 7.30. The maximum Gasteiger partial charge on any atom is 0.164 e. The van der Waals surface area contributed by atoms with E-state index in [0.717, 1.165) is 33.4 Å². The highest BCUT2D eigenvalue weighted by molar-refractivity contribution is 7.25. The first-order chi connectivity index (χ1) is 28.2. The summed E-state index contributed by atoms with van der Waals surface area (Å²) in [5.74, 6) is 1.93. The van der Waals surface area contributed by atoms with Crippen LogP contribution in [0.1, 0.15) is 0 Å². The standard InChI is InChI=1S/C53H33N3S/c1-2-13-38-31-40(30-29-34(38)11-1)36-27-25-35(26-28-36)39-15-7-17-42(32-39)51-54-52(43-18-8-16-41(33-43)45-21-9-14-37-12-3-4-19-44(37)45)56-53(55-51)47-22-10-24-49-50(47)46-20-5-6-23-48(46)57-49/h1-33H. The first-order valence-electron chi connectivity index (χ1n) is 19.2. The second-order valence-corrected chi connectivity index (χ2v) is 15.5. The smallest absolute Gasteiger partial charge is 0.164 e. The summed E-state index contributed by atoms with van der Waals surface area (Å²) >= 11 is 1.80. The average molecular weight is 744 g/mol. The number of hydrogen-bond acceptors (Lipinski definition) is 4. The number of nitrogens with zero attached hydrogens (tertiary/aromatic N) is 3. The van der Waals surface area contributed by atoms with Crippen LogP contribution >= 0.6 is 11.3 Å². The van der Waals surface area contributed by atoms with Gasteiger partial charge in [0.15, 0.2) is 17.5 Å². The summed E-state index contributed by atoms with van der Waals surface area (Å²) in [5.41, 5.74) is 9.80. The zero-order chi connectivity index (χ0) is 37.7. The quantitative estimate of drug-likeness (QED) is 0.170. The minimum absolute atomic E-state index is 0.636. The molecule has 9 aromatic carbocycles. The Labute approximate surface area is 334 Å². The summed E-state index contributed by atoms with van der Waals surface area (Å²) in [6.07, 6.45) is 0. The summed E-state index contributed by atoms with van der Waals surface area (Å²) in [6, 6.07) is 71.2. The van der Waals surface area contributed by atoms with Gasteiger partial charge in [-0.15, -0.1) is 11.3 Å². The van der Waals surface area contributed by atoms with Crippen molar-refractivity contribution in [1.82, 2.24) is 15.0 Å². The lowest BCUT2D eigenvalue weighted by molar-refractivity contribution is 1.08. The van der Waals surface area contributed by atoms with Crippen LogP contribution in [-0.4, -0.2) is 15.0 Å². The second kappa shape index (κ2) is 13.8. The highest BCUT2D eigenvalue weighted by Gasteiger charge is 2.18. The van der Waals surface area contributed by atoms with Crippen LogP contribution in [-0.2, 0) is 0 Å². The van der Waals surface area contributed by atoms with Gasteiger partial charge in [0, 0.05) is 36.9 Å². The topological polar surface area (TPSA) is 38.7 Å². The van der Waals surface area contributed by atoms with E-state index in [0.29, 0.717) is 17.5 Å². The second-order valence-electron chi connectivity index (χ2n) is 14.4. The first-order valence-corrected chi connectivity index (χ1v) is 20.0. The van der Waals surface area contributed by atoms with Gasteiger partial charge in [-0.3, -0.25) is 0 Å². The van der Waals surface area contributed by atoms with Crippen molar-refractivity contribution in [3.05, 3.63) is 200 Å². The molecular weight excluding hydrogens is 711 g/mol. The molecule has 0 atom stereocenters. The molecule has 3 nitrogen and oxygen atoms in total. The van der Waals surface area contributed by atoms with Crippen molar-refractivity contribution in [2.75, 3.05) is 0 Å². The number of aromatic nitrogens is 3. The van der Waals surface area contributed by atoms with Gasteiger partial charge in [-0.1, -0.05) is 170 Å². The van der Waals surface area contributed by atoms with Crippen LogP contribution in [0.25, 0.3) is 109 Å². The molecule has 0 bridgehead atoms. The maximum absolute atomic E-state index is 5.25. The molecule has 4 heteroatoms. The van der Waals surface area contributed by atoms with Crippen LogP contribution in [0.4, 0.5) is 0 Å². The van der Waals surface area contributed by atoms with Crippen LogP contribution in [0.3, 0.4) is 0 Å². The van der Waals surface area contributed by atoms with Crippen molar-refractivity contribution >= 4 is 53.1 Å². The molecule has 0 amide bonds. The molecule has 11 rings (SSSR count). The zero-order valence-corrected chi connectivity index (χ0v) is 31.6. The highest BCUT2D eigenvalue weighted by Crippen LogP contribution is 2.40. The van der Waals surface area contributed by atoms with E-state index in [1.165, 1.54) is 58.4 Å².